The molecule has 2 N–H and O–H groups in total. The predicted molar refractivity (Wildman–Crippen MR) is 104 cm³/mol. The second kappa shape index (κ2) is 9.01. The molecule has 0 aliphatic carbocycles. The van der Waals surface area contributed by atoms with Gasteiger partial charge in [0, 0.05) is 36.7 Å². The second-order valence-electron chi connectivity index (χ2n) is 5.67. The Labute approximate surface area is 158 Å². The molecule has 26 heavy (non-hydrogen) atoms. The van der Waals surface area contributed by atoms with E-state index in [1.807, 2.05) is 60.3 Å². The molecule has 0 aliphatic rings. The van der Waals surface area contributed by atoms with Crippen LogP contribution in [0.1, 0.15) is 18.1 Å². The van der Waals surface area contributed by atoms with Crippen LogP contribution in [0.5, 0.6) is 0 Å². The molecular weight excluding hydrogens is 348 g/mol. The monoisotopic (exact) mass is 368 g/mol. The van der Waals surface area contributed by atoms with Crippen LogP contribution in [0, 0.1) is 0 Å². The topological polar surface area (TPSA) is 67.1 Å². The minimum Gasteiger partial charge on any atom is -0.357 e. The zero-order valence-corrected chi connectivity index (χ0v) is 15.3. The molecule has 0 saturated carbocycles. The van der Waals surface area contributed by atoms with Crippen LogP contribution in [0.4, 0.5) is 0 Å². The highest BCUT2D eigenvalue weighted by Gasteiger charge is 2.01. The van der Waals surface area contributed by atoms with E-state index in [0.29, 0.717) is 13.1 Å². The number of aromatic nitrogens is 3. The van der Waals surface area contributed by atoms with Crippen LogP contribution in [0.3, 0.4) is 0 Å². The number of halogens is 1. The number of nitrogens with zero attached hydrogens (tertiary/aromatic N) is 4. The van der Waals surface area contributed by atoms with Crippen molar-refractivity contribution in [3.63, 3.8) is 0 Å². The molecule has 3 rings (SSSR count). The fraction of sp³-hybridized carbons (Fsp3) is 0.211. The number of nitrogens with one attached hydrogen (secondary N) is 2. The van der Waals surface area contributed by atoms with E-state index < -0.39 is 0 Å². The summed E-state index contributed by atoms with van der Waals surface area (Å²) in [6.45, 7) is 4.03. The van der Waals surface area contributed by atoms with E-state index in [9.17, 15) is 0 Å². The maximum Gasteiger partial charge on any atom is 0.191 e. The van der Waals surface area contributed by atoms with Gasteiger partial charge in [0.2, 0.25) is 0 Å². The summed E-state index contributed by atoms with van der Waals surface area (Å²) < 4.78 is 1.86. The first-order valence-electron chi connectivity index (χ1n) is 8.44. The highest BCUT2D eigenvalue weighted by atomic mass is 35.5. The van der Waals surface area contributed by atoms with Gasteiger partial charge in [0.1, 0.15) is 12.1 Å². The third kappa shape index (κ3) is 5.07. The van der Waals surface area contributed by atoms with Crippen LogP contribution in [-0.4, -0.2) is 27.0 Å². The van der Waals surface area contributed by atoms with Crippen molar-refractivity contribution in [2.75, 3.05) is 6.54 Å². The van der Waals surface area contributed by atoms with E-state index in [0.717, 1.165) is 34.5 Å². The highest BCUT2D eigenvalue weighted by Crippen LogP contribution is 2.10. The number of benzene rings is 1. The molecule has 0 amide bonds. The van der Waals surface area contributed by atoms with Crippen LogP contribution in [0.15, 0.2) is 66.3 Å². The van der Waals surface area contributed by atoms with Crippen LogP contribution in [-0.2, 0) is 13.1 Å². The van der Waals surface area contributed by atoms with Crippen molar-refractivity contribution >= 4 is 17.6 Å². The van der Waals surface area contributed by atoms with Gasteiger partial charge in [-0.15, -0.1) is 0 Å². The molecule has 2 aromatic heterocycles. The Morgan fingerprint density at radius 3 is 2.81 bits per heavy atom. The SMILES string of the molecule is CCNC(=NCc1ccc(-n2ccnc2)nc1)NCc1cccc(Cl)c1. The van der Waals surface area contributed by atoms with Gasteiger partial charge in [0.05, 0.1) is 6.54 Å². The lowest BCUT2D eigenvalue weighted by molar-refractivity contribution is 0.815. The van der Waals surface area contributed by atoms with Crippen molar-refractivity contribution in [1.29, 1.82) is 0 Å². The Morgan fingerprint density at radius 2 is 2.12 bits per heavy atom. The largest absolute Gasteiger partial charge is 0.357 e. The lowest BCUT2D eigenvalue weighted by Crippen LogP contribution is -2.36. The molecule has 1 aromatic carbocycles. The summed E-state index contributed by atoms with van der Waals surface area (Å²) in [5.41, 5.74) is 2.14. The number of rotatable bonds is 6. The summed E-state index contributed by atoms with van der Waals surface area (Å²) in [6.07, 6.45) is 7.15. The van der Waals surface area contributed by atoms with Crippen LogP contribution in [0.25, 0.3) is 5.82 Å². The third-order valence-electron chi connectivity index (χ3n) is 3.69. The molecule has 134 valence electrons. The molecule has 2 heterocycles. The summed E-state index contributed by atoms with van der Waals surface area (Å²) in [5.74, 6) is 1.59. The van der Waals surface area contributed by atoms with Gasteiger partial charge in [-0.3, -0.25) is 4.57 Å². The molecule has 6 nitrogen and oxygen atoms in total. The van der Waals surface area contributed by atoms with Crippen LogP contribution in [0.2, 0.25) is 5.02 Å². The average Bonchev–Trinajstić information content (AvgIpc) is 3.19. The van der Waals surface area contributed by atoms with Crippen molar-refractivity contribution in [3.8, 4) is 5.82 Å². The molecular formula is C19H21ClN6. The van der Waals surface area contributed by atoms with Gasteiger partial charge in [-0.2, -0.15) is 0 Å². The van der Waals surface area contributed by atoms with Crippen molar-refractivity contribution in [2.24, 2.45) is 4.99 Å². The van der Waals surface area contributed by atoms with Gasteiger partial charge >= 0.3 is 0 Å². The van der Waals surface area contributed by atoms with E-state index in [4.69, 9.17) is 11.6 Å². The average molecular weight is 369 g/mol. The molecule has 0 aliphatic heterocycles. The third-order valence-corrected chi connectivity index (χ3v) is 3.93. The number of guanidine groups is 1. The zero-order valence-electron chi connectivity index (χ0n) is 14.6. The Kier molecular flexibility index (Phi) is 6.22. The quantitative estimate of drug-likeness (QED) is 0.518. The first kappa shape index (κ1) is 17.9. The number of hydrogen-bond donors (Lipinski definition) is 2. The molecule has 3 aromatic rings. The second-order valence-corrected chi connectivity index (χ2v) is 6.11. The van der Waals surface area contributed by atoms with E-state index in [1.165, 1.54) is 0 Å². The normalized spacial score (nSPS) is 11.4. The summed E-state index contributed by atoms with van der Waals surface area (Å²) >= 11 is 6.03. The lowest BCUT2D eigenvalue weighted by atomic mass is 10.2. The molecule has 7 heteroatoms. The number of pyridine rings is 1. The van der Waals surface area contributed by atoms with E-state index in [1.54, 1.807) is 12.5 Å². The minimum absolute atomic E-state index is 0.544. The first-order chi connectivity index (χ1) is 12.7. The number of imidazole rings is 1. The maximum atomic E-state index is 6.03. The molecule has 0 spiro atoms. The van der Waals surface area contributed by atoms with Gasteiger partial charge < -0.3 is 10.6 Å². The fourth-order valence-corrected chi connectivity index (χ4v) is 2.62. The van der Waals surface area contributed by atoms with E-state index >= 15 is 0 Å². The predicted octanol–water partition coefficient (Wildman–Crippen LogP) is 3.18. The van der Waals surface area contributed by atoms with E-state index in [-0.39, 0.29) is 0 Å². The maximum absolute atomic E-state index is 6.03. The Balaban J connectivity index is 1.61. The molecule has 0 fully saturated rings. The lowest BCUT2D eigenvalue weighted by Gasteiger charge is -2.11. The Bertz CT molecular complexity index is 843. The van der Waals surface area contributed by atoms with Crippen LogP contribution < -0.4 is 10.6 Å². The highest BCUT2D eigenvalue weighted by molar-refractivity contribution is 6.30. The number of hydrogen-bond acceptors (Lipinski definition) is 3. The van der Waals surface area contributed by atoms with Crippen molar-refractivity contribution in [1.82, 2.24) is 25.2 Å². The van der Waals surface area contributed by atoms with Crippen molar-refractivity contribution in [3.05, 3.63) is 77.5 Å². The summed E-state index contributed by atoms with van der Waals surface area (Å²) in [4.78, 5) is 13.1. The smallest absolute Gasteiger partial charge is 0.191 e. The summed E-state index contributed by atoms with van der Waals surface area (Å²) in [7, 11) is 0. The molecule has 0 atom stereocenters. The minimum atomic E-state index is 0.544. The van der Waals surface area contributed by atoms with Crippen LogP contribution >= 0.6 is 11.6 Å². The standard InChI is InChI=1S/C19H21ClN6/c1-2-22-19(24-11-15-4-3-5-17(20)10-15)25-13-16-6-7-18(23-12-16)26-9-8-21-14-26/h3-10,12,14H,2,11,13H2,1H3,(H2,22,24,25). The van der Waals surface area contributed by atoms with E-state index in [2.05, 4.69) is 25.6 Å². The van der Waals surface area contributed by atoms with Gasteiger partial charge in [-0.25, -0.2) is 15.0 Å². The van der Waals surface area contributed by atoms with Crippen molar-refractivity contribution < 1.29 is 0 Å². The van der Waals surface area contributed by atoms with Crippen molar-refractivity contribution in [2.45, 2.75) is 20.0 Å². The van der Waals surface area contributed by atoms with Gasteiger partial charge in [-0.1, -0.05) is 29.8 Å². The van der Waals surface area contributed by atoms with Gasteiger partial charge in [0.15, 0.2) is 5.96 Å². The summed E-state index contributed by atoms with van der Waals surface area (Å²) in [5, 5.41) is 7.29. The molecule has 0 radical (unpaired) electrons. The molecule has 0 bridgehead atoms. The van der Waals surface area contributed by atoms with Gasteiger partial charge in [-0.05, 0) is 36.2 Å². The number of aliphatic imine (C=N–C) groups is 1. The fourth-order valence-electron chi connectivity index (χ4n) is 2.40. The first-order valence-corrected chi connectivity index (χ1v) is 8.82. The van der Waals surface area contributed by atoms with Gasteiger partial charge in [0.25, 0.3) is 0 Å². The zero-order chi connectivity index (χ0) is 18.2. The molecule has 0 saturated heterocycles. The summed E-state index contributed by atoms with van der Waals surface area (Å²) in [6, 6.07) is 11.8. The Hall–Kier alpha value is -2.86. The Morgan fingerprint density at radius 1 is 1.19 bits per heavy atom. The molecule has 0 unspecified atom stereocenters.